The lowest BCUT2D eigenvalue weighted by atomic mass is 10.1. The van der Waals surface area contributed by atoms with Crippen LogP contribution in [0.15, 0.2) is 41.3 Å². The van der Waals surface area contributed by atoms with Gasteiger partial charge in [-0.15, -0.1) is 0 Å². The number of sulfonamides is 1. The maximum Gasteiger partial charge on any atom is 0.261 e. The molecule has 0 aromatic heterocycles. The molecule has 0 bridgehead atoms. The fourth-order valence-corrected chi connectivity index (χ4v) is 4.07. The van der Waals surface area contributed by atoms with E-state index in [0.29, 0.717) is 17.8 Å². The van der Waals surface area contributed by atoms with Crippen LogP contribution >= 0.6 is 0 Å². The predicted molar refractivity (Wildman–Crippen MR) is 105 cm³/mol. The van der Waals surface area contributed by atoms with E-state index >= 15 is 0 Å². The molecule has 2 aromatic rings. The van der Waals surface area contributed by atoms with Crippen LogP contribution in [0.25, 0.3) is 0 Å². The zero-order valence-corrected chi connectivity index (χ0v) is 16.5. The summed E-state index contributed by atoms with van der Waals surface area (Å²) in [5.74, 6) is -0.266. The van der Waals surface area contributed by atoms with Crippen LogP contribution < -0.4 is 10.0 Å². The Labute approximate surface area is 155 Å². The topological polar surface area (TPSA) is 75.3 Å². The van der Waals surface area contributed by atoms with Crippen LogP contribution in [-0.2, 0) is 10.0 Å². The Morgan fingerprint density at radius 2 is 1.69 bits per heavy atom. The molecule has 0 heterocycles. The van der Waals surface area contributed by atoms with Gasteiger partial charge in [0.05, 0.1) is 10.6 Å². The minimum absolute atomic E-state index is 0.0695. The van der Waals surface area contributed by atoms with E-state index in [9.17, 15) is 13.2 Å². The largest absolute Gasteiger partial charge is 0.352 e. The quantitative estimate of drug-likeness (QED) is 0.721. The number of nitrogens with one attached hydrogen (secondary N) is 2. The Kier molecular flexibility index (Phi) is 6.42. The highest BCUT2D eigenvalue weighted by atomic mass is 32.2. The molecule has 2 rings (SSSR count). The maximum atomic E-state index is 12.8. The zero-order valence-electron chi connectivity index (χ0n) is 15.7. The summed E-state index contributed by atoms with van der Waals surface area (Å²) in [6.07, 6.45) is 1.87. The molecule has 0 atom stereocenters. The number of rotatable bonds is 7. The first-order valence-corrected chi connectivity index (χ1v) is 10.2. The summed E-state index contributed by atoms with van der Waals surface area (Å²) in [7, 11) is -3.78. The van der Waals surface area contributed by atoms with Crippen molar-refractivity contribution in [1.82, 2.24) is 5.32 Å². The normalized spacial score (nSPS) is 11.2. The zero-order chi connectivity index (χ0) is 19.3. The van der Waals surface area contributed by atoms with Crippen LogP contribution in [-0.4, -0.2) is 20.9 Å². The van der Waals surface area contributed by atoms with Crippen LogP contribution in [0.4, 0.5) is 5.69 Å². The number of carbonyl (C=O) groups excluding carboxylic acids is 1. The van der Waals surface area contributed by atoms with Crippen LogP contribution in [0.3, 0.4) is 0 Å². The van der Waals surface area contributed by atoms with Gasteiger partial charge in [0.2, 0.25) is 0 Å². The van der Waals surface area contributed by atoms with Crippen molar-refractivity contribution in [2.24, 2.45) is 0 Å². The number of unbranched alkanes of at least 4 members (excludes halogenated alkanes) is 1. The first kappa shape index (κ1) is 20.0. The summed E-state index contributed by atoms with van der Waals surface area (Å²) >= 11 is 0. The van der Waals surface area contributed by atoms with E-state index in [0.717, 1.165) is 29.5 Å². The molecule has 26 heavy (non-hydrogen) atoms. The van der Waals surface area contributed by atoms with Gasteiger partial charge in [-0.3, -0.25) is 9.52 Å². The van der Waals surface area contributed by atoms with Gasteiger partial charge in [-0.2, -0.15) is 0 Å². The highest BCUT2D eigenvalue weighted by Crippen LogP contribution is 2.25. The van der Waals surface area contributed by atoms with Crippen LogP contribution in [0.5, 0.6) is 0 Å². The molecule has 0 spiro atoms. The van der Waals surface area contributed by atoms with Crippen molar-refractivity contribution >= 4 is 21.6 Å². The van der Waals surface area contributed by atoms with Gasteiger partial charge in [0.1, 0.15) is 0 Å². The number of amides is 1. The fourth-order valence-electron chi connectivity index (χ4n) is 2.82. The molecule has 0 aliphatic carbocycles. The lowest BCUT2D eigenvalue weighted by molar-refractivity contribution is 0.0953. The van der Waals surface area contributed by atoms with Crippen molar-refractivity contribution in [1.29, 1.82) is 0 Å². The molecule has 0 saturated heterocycles. The van der Waals surface area contributed by atoms with Gasteiger partial charge in [0.25, 0.3) is 15.9 Å². The molecule has 0 aliphatic rings. The number of anilines is 1. The molecule has 1 amide bonds. The van der Waals surface area contributed by atoms with E-state index in [4.69, 9.17) is 0 Å². The monoisotopic (exact) mass is 374 g/mol. The molecule has 0 saturated carbocycles. The third-order valence-electron chi connectivity index (χ3n) is 4.14. The highest BCUT2D eigenvalue weighted by Gasteiger charge is 2.18. The van der Waals surface area contributed by atoms with Crippen molar-refractivity contribution in [2.75, 3.05) is 11.3 Å². The molecule has 0 fully saturated rings. The summed E-state index contributed by atoms with van der Waals surface area (Å²) in [6, 6.07) is 9.96. The van der Waals surface area contributed by atoms with Crippen molar-refractivity contribution in [3.63, 3.8) is 0 Å². The lowest BCUT2D eigenvalue weighted by Crippen LogP contribution is -2.24. The minimum atomic E-state index is -3.78. The smallest absolute Gasteiger partial charge is 0.261 e. The Balaban J connectivity index is 2.27. The molecular weight excluding hydrogens is 348 g/mol. The van der Waals surface area contributed by atoms with Crippen molar-refractivity contribution < 1.29 is 13.2 Å². The van der Waals surface area contributed by atoms with Crippen LogP contribution in [0.1, 0.15) is 46.8 Å². The van der Waals surface area contributed by atoms with Gasteiger partial charge in [0.15, 0.2) is 0 Å². The molecule has 0 unspecified atom stereocenters. The Hall–Kier alpha value is -2.34. The first-order chi connectivity index (χ1) is 12.2. The second kappa shape index (κ2) is 8.36. The second-order valence-corrected chi connectivity index (χ2v) is 8.20. The Morgan fingerprint density at radius 3 is 2.31 bits per heavy atom. The summed E-state index contributed by atoms with van der Waals surface area (Å²) < 4.78 is 28.2. The highest BCUT2D eigenvalue weighted by molar-refractivity contribution is 7.92. The third kappa shape index (κ3) is 4.85. The fraction of sp³-hybridized carbons (Fsp3) is 0.350. The van der Waals surface area contributed by atoms with Crippen molar-refractivity contribution in [3.8, 4) is 0 Å². The Morgan fingerprint density at radius 1 is 1.04 bits per heavy atom. The minimum Gasteiger partial charge on any atom is -0.352 e. The number of benzene rings is 2. The van der Waals surface area contributed by atoms with Crippen LogP contribution in [0, 0.1) is 20.8 Å². The molecule has 5 nitrogen and oxygen atoms in total. The number of carbonyl (C=O) groups is 1. The predicted octanol–water partition coefficient (Wildman–Crippen LogP) is 3.94. The van der Waals surface area contributed by atoms with Gasteiger partial charge in [0, 0.05) is 12.1 Å². The standard InChI is InChI=1S/C20H26N2O3S/c1-5-6-10-21-20(23)17-8-7-9-18(13-17)26(24,25)22-19-15(3)11-14(2)12-16(19)4/h7-9,11-13,22H,5-6,10H2,1-4H3,(H,21,23). The van der Waals surface area contributed by atoms with Gasteiger partial charge in [-0.1, -0.05) is 37.1 Å². The van der Waals surface area contributed by atoms with Crippen molar-refractivity contribution in [2.45, 2.75) is 45.4 Å². The number of hydrogen-bond donors (Lipinski definition) is 2. The SMILES string of the molecule is CCCCNC(=O)c1cccc(S(=O)(=O)Nc2c(C)cc(C)cc2C)c1. The first-order valence-electron chi connectivity index (χ1n) is 8.73. The van der Waals surface area contributed by atoms with Gasteiger partial charge in [-0.05, 0) is 56.5 Å². The van der Waals surface area contributed by atoms with E-state index < -0.39 is 10.0 Å². The summed E-state index contributed by atoms with van der Waals surface area (Å²) in [4.78, 5) is 12.2. The lowest BCUT2D eigenvalue weighted by Gasteiger charge is -2.15. The van der Waals surface area contributed by atoms with E-state index in [2.05, 4.69) is 10.0 Å². The summed E-state index contributed by atoms with van der Waals surface area (Å²) in [5, 5.41) is 2.80. The molecule has 140 valence electrons. The van der Waals surface area contributed by atoms with Crippen molar-refractivity contribution in [3.05, 3.63) is 58.7 Å². The summed E-state index contributed by atoms with van der Waals surface area (Å²) in [6.45, 7) is 8.33. The number of hydrogen-bond acceptors (Lipinski definition) is 3. The molecule has 6 heteroatoms. The maximum absolute atomic E-state index is 12.8. The summed E-state index contributed by atoms with van der Waals surface area (Å²) in [5.41, 5.74) is 3.71. The van der Waals surface area contributed by atoms with Crippen LogP contribution in [0.2, 0.25) is 0 Å². The van der Waals surface area contributed by atoms with Gasteiger partial charge in [-0.25, -0.2) is 8.42 Å². The molecule has 0 radical (unpaired) electrons. The second-order valence-electron chi connectivity index (χ2n) is 6.52. The molecule has 2 N–H and O–H groups in total. The third-order valence-corrected chi connectivity index (χ3v) is 5.48. The Bertz CT molecular complexity index is 882. The molecule has 0 aliphatic heterocycles. The van der Waals surface area contributed by atoms with E-state index in [1.807, 2.05) is 39.8 Å². The average molecular weight is 375 g/mol. The van der Waals surface area contributed by atoms with E-state index in [1.165, 1.54) is 12.1 Å². The average Bonchev–Trinajstić information content (AvgIpc) is 2.58. The molecule has 2 aromatic carbocycles. The molecular formula is C20H26N2O3S. The van der Waals surface area contributed by atoms with E-state index in [-0.39, 0.29) is 10.8 Å². The van der Waals surface area contributed by atoms with Gasteiger partial charge >= 0.3 is 0 Å². The number of aryl methyl sites for hydroxylation is 3. The van der Waals surface area contributed by atoms with Gasteiger partial charge < -0.3 is 5.32 Å². The van der Waals surface area contributed by atoms with E-state index in [1.54, 1.807) is 12.1 Å².